The van der Waals surface area contributed by atoms with E-state index in [9.17, 15) is 10.2 Å². The normalized spacial score (nSPS) is 40.2. The number of hydrogen-bond donors (Lipinski definition) is 4. The van der Waals surface area contributed by atoms with Crippen molar-refractivity contribution in [3.8, 4) is 0 Å². The molecule has 2 atom stereocenters. The highest BCUT2D eigenvalue weighted by molar-refractivity contribution is 8.01. The lowest BCUT2D eigenvalue weighted by Crippen LogP contribution is -2.42. The molecule has 0 spiro atoms. The summed E-state index contributed by atoms with van der Waals surface area (Å²) in [4.78, 5) is 9.38. The lowest BCUT2D eigenvalue weighted by molar-refractivity contribution is -0.599. The van der Waals surface area contributed by atoms with Gasteiger partial charge in [0, 0.05) is 24.6 Å². The largest absolute Gasteiger partial charge is 0.342 e. The predicted molar refractivity (Wildman–Crippen MR) is 69.5 cm³/mol. The molecule has 2 rings (SSSR count). The summed E-state index contributed by atoms with van der Waals surface area (Å²) in [5.74, 6) is 1.28. The molecule has 2 heterocycles. The third-order valence-corrected chi connectivity index (χ3v) is 5.44. The summed E-state index contributed by atoms with van der Waals surface area (Å²) in [6, 6.07) is 0. The summed E-state index contributed by atoms with van der Waals surface area (Å²) < 4.78 is 2.51. The van der Waals surface area contributed by atoms with E-state index >= 15 is 0 Å². The number of nitrogens with zero attached hydrogens (tertiary/aromatic N) is 2. The van der Waals surface area contributed by atoms with Crippen molar-refractivity contribution in [1.29, 1.82) is 0 Å². The van der Waals surface area contributed by atoms with Gasteiger partial charge in [0.25, 0.3) is 0 Å². The van der Waals surface area contributed by atoms with Crippen molar-refractivity contribution in [1.82, 2.24) is 8.61 Å². The molecule has 2 aliphatic rings. The third kappa shape index (κ3) is 3.17. The van der Waals surface area contributed by atoms with Gasteiger partial charge in [-0.15, -0.1) is 9.78 Å². The first-order valence-electron chi connectivity index (χ1n) is 4.65. The molecule has 0 aromatic heterocycles. The molecular formula is C6H12N2O5S4. The molecule has 2 saturated heterocycles. The van der Waals surface area contributed by atoms with Gasteiger partial charge in [0.1, 0.15) is 0 Å². The summed E-state index contributed by atoms with van der Waals surface area (Å²) in [6.45, 7) is 1.07. The van der Waals surface area contributed by atoms with E-state index in [0.717, 1.165) is 23.5 Å². The molecule has 0 bridgehead atoms. The first-order chi connectivity index (χ1) is 7.96. The highest BCUT2D eigenvalue weighted by Gasteiger charge is 2.45. The van der Waals surface area contributed by atoms with Crippen molar-refractivity contribution in [2.75, 3.05) is 24.6 Å². The maximum atomic E-state index is 9.85. The van der Waals surface area contributed by atoms with Crippen LogP contribution >= 0.6 is 49.2 Å². The Labute approximate surface area is 118 Å². The first-order valence-corrected chi connectivity index (χ1v) is 7.43. The van der Waals surface area contributed by atoms with E-state index in [0.29, 0.717) is 24.6 Å². The number of thiol groups is 2. The second-order valence-corrected chi connectivity index (χ2v) is 6.70. The van der Waals surface area contributed by atoms with E-state index in [2.05, 4.69) is 30.7 Å². The molecule has 11 heteroatoms. The smallest absolute Gasteiger partial charge is 0.321 e. The van der Waals surface area contributed by atoms with Gasteiger partial charge in [0.05, 0.1) is 0 Å². The minimum absolute atomic E-state index is 0.533. The van der Waals surface area contributed by atoms with Gasteiger partial charge < -0.3 is 10.2 Å². The predicted octanol–water partition coefficient (Wildman–Crippen LogP) is -0.139. The lowest BCUT2D eigenvalue weighted by Gasteiger charge is -2.28. The molecule has 2 aliphatic heterocycles. The summed E-state index contributed by atoms with van der Waals surface area (Å²) in [7, 11) is 0. The van der Waals surface area contributed by atoms with Gasteiger partial charge in [0.2, 0.25) is 0 Å². The molecule has 7 nitrogen and oxygen atoms in total. The summed E-state index contributed by atoms with van der Waals surface area (Å²) in [5, 5.41) is 20.7. The van der Waals surface area contributed by atoms with Crippen molar-refractivity contribution in [3.63, 3.8) is 0 Å². The van der Waals surface area contributed by atoms with Crippen LogP contribution < -0.4 is 0 Å². The number of aliphatic hydroxyl groups is 2. The van der Waals surface area contributed by atoms with Crippen molar-refractivity contribution in [3.05, 3.63) is 0 Å². The summed E-state index contributed by atoms with van der Waals surface area (Å²) in [5.41, 5.74) is 0. The molecule has 0 aromatic rings. The fourth-order valence-corrected chi connectivity index (χ4v) is 3.80. The van der Waals surface area contributed by atoms with Crippen molar-refractivity contribution < 1.29 is 25.0 Å². The van der Waals surface area contributed by atoms with Crippen LogP contribution in [0.15, 0.2) is 0 Å². The SMILES string of the molecule is OC1(OOOC2(O)SCCN2S)SCCN1S. The van der Waals surface area contributed by atoms with E-state index in [1.807, 2.05) is 0 Å². The van der Waals surface area contributed by atoms with E-state index in [1.165, 1.54) is 8.61 Å². The molecule has 0 aliphatic carbocycles. The maximum Gasteiger partial charge on any atom is 0.321 e. The van der Waals surface area contributed by atoms with Crippen LogP contribution in [0.2, 0.25) is 0 Å². The molecule has 2 unspecified atom stereocenters. The van der Waals surface area contributed by atoms with E-state index in [4.69, 9.17) is 9.78 Å². The lowest BCUT2D eigenvalue weighted by atomic mass is 10.7. The Morgan fingerprint density at radius 2 is 1.35 bits per heavy atom. The Kier molecular flexibility index (Phi) is 4.81. The van der Waals surface area contributed by atoms with E-state index in [1.54, 1.807) is 0 Å². The van der Waals surface area contributed by atoms with Crippen molar-refractivity contribution >= 4 is 49.2 Å². The van der Waals surface area contributed by atoms with Crippen LogP contribution in [0.4, 0.5) is 0 Å². The average Bonchev–Trinajstić information content (AvgIpc) is 2.75. The van der Waals surface area contributed by atoms with Gasteiger partial charge in [-0.2, -0.15) is 8.61 Å². The van der Waals surface area contributed by atoms with Crippen LogP contribution in [0, 0.1) is 0 Å². The summed E-state index contributed by atoms with van der Waals surface area (Å²) >= 11 is 10.2. The zero-order valence-corrected chi connectivity index (χ0v) is 12.0. The van der Waals surface area contributed by atoms with Crippen LogP contribution in [0.25, 0.3) is 0 Å². The van der Waals surface area contributed by atoms with E-state index in [-0.39, 0.29) is 0 Å². The molecule has 0 saturated carbocycles. The first kappa shape index (κ1) is 14.5. The monoisotopic (exact) mass is 320 g/mol. The van der Waals surface area contributed by atoms with Crippen LogP contribution in [-0.4, -0.2) is 53.9 Å². The Morgan fingerprint density at radius 1 is 0.941 bits per heavy atom. The van der Waals surface area contributed by atoms with Gasteiger partial charge in [-0.1, -0.05) is 54.2 Å². The maximum absolute atomic E-state index is 9.85. The molecule has 0 radical (unpaired) electrons. The molecule has 2 N–H and O–H groups in total. The zero-order chi connectivity index (χ0) is 12.5. The highest BCUT2D eigenvalue weighted by atomic mass is 32.2. The molecule has 17 heavy (non-hydrogen) atoms. The van der Waals surface area contributed by atoms with Gasteiger partial charge in [-0.25, -0.2) is 0 Å². The van der Waals surface area contributed by atoms with Crippen LogP contribution in [0.3, 0.4) is 0 Å². The number of rotatable bonds is 4. The fraction of sp³-hybridized carbons (Fsp3) is 1.00. The fourth-order valence-electron chi connectivity index (χ4n) is 1.20. The molecule has 0 amide bonds. The topological polar surface area (TPSA) is 74.6 Å². The highest BCUT2D eigenvalue weighted by Crippen LogP contribution is 2.38. The molecule has 100 valence electrons. The molecular weight excluding hydrogens is 308 g/mol. The average molecular weight is 320 g/mol. The molecule has 0 aromatic carbocycles. The Bertz CT molecular complexity index is 263. The van der Waals surface area contributed by atoms with Crippen LogP contribution in [0.1, 0.15) is 0 Å². The minimum Gasteiger partial charge on any atom is -0.342 e. The van der Waals surface area contributed by atoms with Crippen LogP contribution in [-0.2, 0) is 14.8 Å². The third-order valence-electron chi connectivity index (χ3n) is 2.12. The van der Waals surface area contributed by atoms with Crippen molar-refractivity contribution in [2.45, 2.75) is 10.5 Å². The van der Waals surface area contributed by atoms with Gasteiger partial charge in [-0.3, -0.25) is 0 Å². The van der Waals surface area contributed by atoms with E-state index < -0.39 is 10.5 Å². The van der Waals surface area contributed by atoms with Gasteiger partial charge in [-0.05, 0) is 0 Å². The standard InChI is InChI=1S/C6H12N2O5S4/c9-5(7(14)1-3-16-5)11-13-12-6(10)8(15)2-4-17-6/h9-10,14-15H,1-4H2. The summed E-state index contributed by atoms with van der Waals surface area (Å²) in [6.07, 6.45) is 0. The number of thioether (sulfide) groups is 2. The van der Waals surface area contributed by atoms with Gasteiger partial charge >= 0.3 is 10.5 Å². The Balaban J connectivity index is 1.79. The second kappa shape index (κ2) is 5.63. The van der Waals surface area contributed by atoms with Crippen LogP contribution in [0.5, 0.6) is 0 Å². The molecule has 2 fully saturated rings. The second-order valence-electron chi connectivity index (χ2n) is 3.27. The Hall–Kier alpha value is 1.12. The minimum atomic E-state index is -1.72. The quantitative estimate of drug-likeness (QED) is 0.245. The Morgan fingerprint density at radius 3 is 1.65 bits per heavy atom. The van der Waals surface area contributed by atoms with Gasteiger partial charge in [0.15, 0.2) is 0 Å². The zero-order valence-electron chi connectivity index (χ0n) is 8.55. The van der Waals surface area contributed by atoms with Crippen molar-refractivity contribution in [2.24, 2.45) is 0 Å². The number of hydrogen-bond acceptors (Lipinski definition) is 11.